The molecule has 0 aliphatic rings. The summed E-state index contributed by atoms with van der Waals surface area (Å²) in [5, 5.41) is 16.6. The molecular formula is C21H18N4O3S. The van der Waals surface area contributed by atoms with Crippen LogP contribution in [0.25, 0.3) is 0 Å². The molecule has 1 aromatic heterocycles. The first-order valence-electron chi connectivity index (χ1n) is 8.80. The summed E-state index contributed by atoms with van der Waals surface area (Å²) in [7, 11) is 0. The molecule has 0 saturated heterocycles. The number of rotatable bonds is 8. The van der Waals surface area contributed by atoms with E-state index in [0.29, 0.717) is 23.8 Å². The van der Waals surface area contributed by atoms with Crippen molar-refractivity contribution in [2.24, 2.45) is 0 Å². The highest BCUT2D eigenvalue weighted by molar-refractivity contribution is 7.13. The van der Waals surface area contributed by atoms with Crippen LogP contribution in [0.15, 0.2) is 60.0 Å². The van der Waals surface area contributed by atoms with E-state index in [1.54, 1.807) is 29.6 Å². The van der Waals surface area contributed by atoms with Crippen molar-refractivity contribution >= 4 is 34.0 Å². The summed E-state index contributed by atoms with van der Waals surface area (Å²) in [5.74, 6) is -1.11. The van der Waals surface area contributed by atoms with E-state index in [0.717, 1.165) is 11.1 Å². The summed E-state index contributed by atoms with van der Waals surface area (Å²) in [6, 6.07) is 18.8. The van der Waals surface area contributed by atoms with E-state index in [1.807, 2.05) is 30.3 Å². The van der Waals surface area contributed by atoms with Gasteiger partial charge in [0.1, 0.15) is 0 Å². The molecule has 8 heteroatoms. The van der Waals surface area contributed by atoms with Crippen molar-refractivity contribution < 1.29 is 14.3 Å². The number of nitriles is 1. The molecule has 0 aliphatic heterocycles. The molecule has 1 heterocycles. The van der Waals surface area contributed by atoms with E-state index in [9.17, 15) is 9.59 Å². The van der Waals surface area contributed by atoms with Gasteiger partial charge in [-0.25, -0.2) is 9.78 Å². The van der Waals surface area contributed by atoms with Crippen LogP contribution in [0.2, 0.25) is 0 Å². The van der Waals surface area contributed by atoms with Crippen LogP contribution in [0.4, 0.5) is 10.8 Å². The first-order valence-corrected chi connectivity index (χ1v) is 9.68. The van der Waals surface area contributed by atoms with Gasteiger partial charge in [0.05, 0.1) is 12.5 Å². The Labute approximate surface area is 172 Å². The number of ether oxygens (including phenoxy) is 1. The summed E-state index contributed by atoms with van der Waals surface area (Å²) in [6.07, 6.45) is 0.307. The Bertz CT molecular complexity index is 1010. The molecule has 2 aromatic carbocycles. The van der Waals surface area contributed by atoms with Gasteiger partial charge < -0.3 is 15.4 Å². The number of thiazole rings is 1. The number of amides is 1. The number of carbonyl (C=O) groups excluding carboxylic acids is 2. The third-order valence-electron chi connectivity index (χ3n) is 3.86. The van der Waals surface area contributed by atoms with Crippen molar-refractivity contribution in [1.29, 1.82) is 5.26 Å². The first-order chi connectivity index (χ1) is 14.1. The smallest absolute Gasteiger partial charge is 0.358 e. The van der Waals surface area contributed by atoms with Gasteiger partial charge in [-0.05, 0) is 23.3 Å². The van der Waals surface area contributed by atoms with E-state index >= 15 is 0 Å². The number of nitrogens with zero attached hydrogens (tertiary/aromatic N) is 2. The zero-order valence-corrected chi connectivity index (χ0v) is 16.2. The summed E-state index contributed by atoms with van der Waals surface area (Å²) in [4.78, 5) is 28.2. The number of hydrogen-bond acceptors (Lipinski definition) is 7. The number of anilines is 2. The van der Waals surface area contributed by atoms with Gasteiger partial charge in [0.2, 0.25) is 0 Å². The molecule has 3 rings (SSSR count). The minimum absolute atomic E-state index is 0.152. The average molecular weight is 406 g/mol. The molecule has 0 saturated carbocycles. The lowest BCUT2D eigenvalue weighted by molar-refractivity contribution is -0.119. The highest BCUT2D eigenvalue weighted by atomic mass is 32.1. The topological polar surface area (TPSA) is 104 Å². The van der Waals surface area contributed by atoms with Crippen LogP contribution in [0.3, 0.4) is 0 Å². The second kappa shape index (κ2) is 10.0. The monoisotopic (exact) mass is 406 g/mol. The zero-order valence-electron chi connectivity index (χ0n) is 15.4. The fraction of sp³-hybridized carbons (Fsp3) is 0.143. The molecule has 0 radical (unpaired) electrons. The summed E-state index contributed by atoms with van der Waals surface area (Å²) in [5.41, 5.74) is 2.68. The van der Waals surface area contributed by atoms with E-state index in [4.69, 9.17) is 10.00 Å². The fourth-order valence-electron chi connectivity index (χ4n) is 2.42. The number of aromatic nitrogens is 1. The summed E-state index contributed by atoms with van der Waals surface area (Å²) in [6.45, 7) is 0.182. The Kier molecular flexibility index (Phi) is 6.92. The van der Waals surface area contributed by atoms with Crippen molar-refractivity contribution in [3.05, 3.63) is 76.8 Å². The number of carbonyl (C=O) groups is 2. The minimum Gasteiger partial charge on any atom is -0.451 e. The minimum atomic E-state index is -0.659. The van der Waals surface area contributed by atoms with Crippen LogP contribution in [-0.2, 0) is 22.5 Å². The molecule has 29 heavy (non-hydrogen) atoms. The van der Waals surface area contributed by atoms with Gasteiger partial charge in [-0.1, -0.05) is 42.5 Å². The number of hydrogen-bond donors (Lipinski definition) is 2. The van der Waals surface area contributed by atoms with Gasteiger partial charge in [-0.15, -0.1) is 11.3 Å². The molecule has 1 amide bonds. The van der Waals surface area contributed by atoms with Crippen molar-refractivity contribution in [1.82, 2.24) is 4.98 Å². The Hall–Kier alpha value is -3.70. The predicted octanol–water partition coefficient (Wildman–Crippen LogP) is 3.62. The summed E-state index contributed by atoms with van der Waals surface area (Å²) < 4.78 is 5.02. The quantitative estimate of drug-likeness (QED) is 0.554. The molecule has 3 aromatic rings. The van der Waals surface area contributed by atoms with Gasteiger partial charge in [-0.2, -0.15) is 5.26 Å². The van der Waals surface area contributed by atoms with Crippen molar-refractivity contribution in [3.8, 4) is 6.07 Å². The SMILES string of the molecule is N#CCc1ccc(NC(=O)COC(=O)c2csc(NCc3ccccc3)n2)cc1. The molecule has 7 nitrogen and oxygen atoms in total. The number of esters is 1. The molecule has 0 atom stereocenters. The van der Waals surface area contributed by atoms with Gasteiger partial charge >= 0.3 is 5.97 Å². The summed E-state index contributed by atoms with van der Waals surface area (Å²) >= 11 is 1.29. The number of benzene rings is 2. The van der Waals surface area contributed by atoms with E-state index < -0.39 is 18.5 Å². The lowest BCUT2D eigenvalue weighted by atomic mass is 10.1. The highest BCUT2D eigenvalue weighted by Crippen LogP contribution is 2.17. The molecule has 2 N–H and O–H groups in total. The Morgan fingerprint density at radius 2 is 1.83 bits per heavy atom. The van der Waals surface area contributed by atoms with Gasteiger partial charge in [-0.3, -0.25) is 4.79 Å². The van der Waals surface area contributed by atoms with Crippen LogP contribution >= 0.6 is 11.3 Å². The number of nitrogens with one attached hydrogen (secondary N) is 2. The lowest BCUT2D eigenvalue weighted by Crippen LogP contribution is -2.21. The molecular weight excluding hydrogens is 388 g/mol. The molecule has 146 valence electrons. The molecule has 0 aliphatic carbocycles. The van der Waals surface area contributed by atoms with Crippen LogP contribution in [-0.4, -0.2) is 23.5 Å². The van der Waals surface area contributed by atoms with Crippen molar-refractivity contribution in [2.75, 3.05) is 17.2 Å². The maximum atomic E-state index is 12.1. The standard InChI is InChI=1S/C21H18N4O3S/c22-11-10-15-6-8-17(9-7-15)24-19(26)13-28-20(27)18-14-29-21(25-18)23-12-16-4-2-1-3-5-16/h1-9,14H,10,12-13H2,(H,23,25)(H,24,26). The van der Waals surface area contributed by atoms with Crippen LogP contribution in [0.5, 0.6) is 0 Å². The first kappa shape index (κ1) is 20.0. The molecule has 0 bridgehead atoms. The largest absolute Gasteiger partial charge is 0.451 e. The van der Waals surface area contributed by atoms with Crippen LogP contribution in [0, 0.1) is 11.3 Å². The fourth-order valence-corrected chi connectivity index (χ4v) is 3.10. The molecule has 0 unspecified atom stereocenters. The maximum Gasteiger partial charge on any atom is 0.358 e. The van der Waals surface area contributed by atoms with Crippen molar-refractivity contribution in [3.63, 3.8) is 0 Å². The normalized spacial score (nSPS) is 10.0. The van der Waals surface area contributed by atoms with Gasteiger partial charge in [0, 0.05) is 17.6 Å². The third kappa shape index (κ3) is 6.16. The second-order valence-electron chi connectivity index (χ2n) is 6.03. The lowest BCUT2D eigenvalue weighted by Gasteiger charge is -2.06. The Balaban J connectivity index is 1.44. The zero-order chi connectivity index (χ0) is 20.5. The van der Waals surface area contributed by atoms with E-state index in [2.05, 4.69) is 21.7 Å². The maximum absolute atomic E-state index is 12.1. The Morgan fingerprint density at radius 3 is 2.55 bits per heavy atom. The van der Waals surface area contributed by atoms with Gasteiger partial charge in [0.15, 0.2) is 17.4 Å². The van der Waals surface area contributed by atoms with Crippen LogP contribution in [0.1, 0.15) is 21.6 Å². The van der Waals surface area contributed by atoms with E-state index in [1.165, 1.54) is 11.3 Å². The highest BCUT2D eigenvalue weighted by Gasteiger charge is 2.14. The second-order valence-corrected chi connectivity index (χ2v) is 6.89. The van der Waals surface area contributed by atoms with E-state index in [-0.39, 0.29) is 5.69 Å². The molecule has 0 fully saturated rings. The Morgan fingerprint density at radius 1 is 1.07 bits per heavy atom. The third-order valence-corrected chi connectivity index (χ3v) is 4.66. The average Bonchev–Trinajstić information content (AvgIpc) is 3.22. The van der Waals surface area contributed by atoms with Crippen LogP contribution < -0.4 is 10.6 Å². The van der Waals surface area contributed by atoms with Crippen molar-refractivity contribution in [2.45, 2.75) is 13.0 Å². The molecule has 0 spiro atoms. The van der Waals surface area contributed by atoms with Gasteiger partial charge in [0.25, 0.3) is 5.91 Å². The predicted molar refractivity (Wildman–Crippen MR) is 111 cm³/mol.